The van der Waals surface area contributed by atoms with Gasteiger partial charge in [0.15, 0.2) is 0 Å². The molecule has 5 atom stereocenters. The summed E-state index contributed by atoms with van der Waals surface area (Å²) in [6.45, 7) is 0. The lowest BCUT2D eigenvalue weighted by Crippen LogP contribution is -2.15. The lowest BCUT2D eigenvalue weighted by atomic mass is 10.3. The van der Waals surface area contributed by atoms with Crippen molar-refractivity contribution in [1.82, 2.24) is 0 Å². The van der Waals surface area contributed by atoms with Gasteiger partial charge in [0.25, 0.3) is 0 Å². The highest BCUT2D eigenvalue weighted by Gasteiger charge is 2.30. The summed E-state index contributed by atoms with van der Waals surface area (Å²) < 4.78 is 0. The Morgan fingerprint density at radius 2 is 1.12 bits per heavy atom. The summed E-state index contributed by atoms with van der Waals surface area (Å²) in [5.41, 5.74) is 2.03. The molecule has 0 N–H and O–H groups in total. The van der Waals surface area contributed by atoms with Crippen molar-refractivity contribution < 1.29 is 0 Å². The van der Waals surface area contributed by atoms with Crippen molar-refractivity contribution in [3.8, 4) is 0 Å². The van der Waals surface area contributed by atoms with Crippen LogP contribution in [0.4, 0.5) is 0 Å². The van der Waals surface area contributed by atoms with E-state index in [9.17, 15) is 0 Å². The van der Waals surface area contributed by atoms with Crippen molar-refractivity contribution in [3.05, 3.63) is 60.7 Å². The Kier molecular flexibility index (Phi) is 6.58. The van der Waals surface area contributed by atoms with Gasteiger partial charge in [-0.25, -0.2) is 0 Å². The van der Waals surface area contributed by atoms with E-state index >= 15 is 0 Å². The van der Waals surface area contributed by atoms with Crippen LogP contribution < -0.4 is 10.6 Å². The molecule has 0 saturated carbocycles. The second-order valence-electron chi connectivity index (χ2n) is 7.31. The van der Waals surface area contributed by atoms with E-state index in [1.807, 2.05) is 0 Å². The predicted molar refractivity (Wildman–Crippen MR) is 120 cm³/mol. The zero-order valence-corrected chi connectivity index (χ0v) is 17.8. The van der Waals surface area contributed by atoms with Gasteiger partial charge in [0.2, 0.25) is 0 Å². The summed E-state index contributed by atoms with van der Waals surface area (Å²) in [4.78, 5) is 0. The highest BCUT2D eigenvalue weighted by Crippen LogP contribution is 2.53. The molecule has 2 heterocycles. The molecule has 0 aliphatic carbocycles. The number of hydrogen-bond donors (Lipinski definition) is 0. The molecule has 0 spiro atoms. The molecule has 2 aromatic rings. The average molecular weight is 386 g/mol. The van der Waals surface area contributed by atoms with Crippen LogP contribution in [0.15, 0.2) is 60.7 Å². The fraction of sp³-hybridized carbons (Fsp3) is 0.455. The molecule has 132 valence electrons. The molecule has 2 aliphatic heterocycles. The standard InChI is InChI=1S/C22H29P3/c1-3-9-19(10-4-1)24-15-7-13-21(24)17-23-18-22-14-8-16-25(22)20-11-5-2-6-12-20/h1-6,9-12,21-23H,7-8,13-18H2/t21-,22-,24-,25+/m1/s1. The topological polar surface area (TPSA) is 0 Å². The van der Waals surface area contributed by atoms with Crippen LogP contribution >= 0.6 is 24.4 Å². The van der Waals surface area contributed by atoms with Gasteiger partial charge < -0.3 is 0 Å². The Hall–Kier alpha value is -0.270. The van der Waals surface area contributed by atoms with E-state index in [0.717, 1.165) is 11.3 Å². The molecule has 0 aromatic heterocycles. The maximum Gasteiger partial charge on any atom is -0.0132 e. The van der Waals surface area contributed by atoms with Gasteiger partial charge in [0.05, 0.1) is 0 Å². The first kappa shape index (κ1) is 18.1. The molecule has 3 heteroatoms. The molecule has 0 radical (unpaired) electrons. The highest BCUT2D eigenvalue weighted by atomic mass is 31.1. The van der Waals surface area contributed by atoms with Crippen molar-refractivity contribution in [2.24, 2.45) is 0 Å². The van der Waals surface area contributed by atoms with Crippen LogP contribution in [0, 0.1) is 0 Å². The van der Waals surface area contributed by atoms with E-state index in [0.29, 0.717) is 0 Å². The summed E-state index contributed by atoms with van der Waals surface area (Å²) in [5.74, 6) is 0. The third-order valence-corrected chi connectivity index (χ3v) is 14.1. The summed E-state index contributed by atoms with van der Waals surface area (Å²) in [7, 11) is 1.45. The first-order valence-corrected chi connectivity index (χ1v) is 14.4. The largest absolute Gasteiger partial charge is 0.121 e. The summed E-state index contributed by atoms with van der Waals surface area (Å²) in [6.07, 6.45) is 11.9. The zero-order chi connectivity index (χ0) is 16.9. The summed E-state index contributed by atoms with van der Waals surface area (Å²) >= 11 is 0. The molecule has 1 unspecified atom stereocenters. The van der Waals surface area contributed by atoms with E-state index in [-0.39, 0.29) is 15.8 Å². The van der Waals surface area contributed by atoms with E-state index in [2.05, 4.69) is 60.7 Å². The van der Waals surface area contributed by atoms with E-state index in [1.54, 1.807) is 10.6 Å². The Morgan fingerprint density at radius 1 is 0.680 bits per heavy atom. The van der Waals surface area contributed by atoms with Gasteiger partial charge in [0.1, 0.15) is 0 Å². The van der Waals surface area contributed by atoms with Crippen molar-refractivity contribution in [1.29, 1.82) is 0 Å². The minimum absolute atomic E-state index is 0.130. The van der Waals surface area contributed by atoms with Crippen LogP contribution in [0.1, 0.15) is 25.7 Å². The average Bonchev–Trinajstić information content (AvgIpc) is 3.33. The Labute approximate surface area is 157 Å². The Balaban J connectivity index is 1.31. The van der Waals surface area contributed by atoms with E-state index < -0.39 is 0 Å². The highest BCUT2D eigenvalue weighted by molar-refractivity contribution is 7.68. The molecular weight excluding hydrogens is 357 g/mol. The number of benzene rings is 2. The molecule has 2 saturated heterocycles. The van der Waals surface area contributed by atoms with Crippen LogP contribution in [0.2, 0.25) is 0 Å². The Morgan fingerprint density at radius 3 is 1.56 bits per heavy atom. The lowest BCUT2D eigenvalue weighted by Gasteiger charge is -2.24. The maximum atomic E-state index is 2.39. The zero-order valence-electron chi connectivity index (χ0n) is 15.0. The smallest absolute Gasteiger partial charge is 0.0132 e. The van der Waals surface area contributed by atoms with Crippen molar-refractivity contribution in [2.75, 3.05) is 24.6 Å². The number of rotatable bonds is 6. The van der Waals surface area contributed by atoms with Crippen LogP contribution in [-0.2, 0) is 0 Å². The molecule has 0 amide bonds. The van der Waals surface area contributed by atoms with Crippen LogP contribution in [0.3, 0.4) is 0 Å². The second-order valence-corrected chi connectivity index (χ2v) is 13.9. The maximum absolute atomic E-state index is 2.39. The van der Waals surface area contributed by atoms with Gasteiger partial charge in [-0.3, -0.25) is 0 Å². The van der Waals surface area contributed by atoms with E-state index in [4.69, 9.17) is 0 Å². The monoisotopic (exact) mass is 386 g/mol. The van der Waals surface area contributed by atoms with Crippen molar-refractivity contribution in [3.63, 3.8) is 0 Å². The molecule has 25 heavy (non-hydrogen) atoms. The molecule has 4 rings (SSSR count). The van der Waals surface area contributed by atoms with Gasteiger partial charge >= 0.3 is 0 Å². The molecule has 2 aliphatic rings. The van der Waals surface area contributed by atoms with Gasteiger partial charge in [-0.2, -0.15) is 0 Å². The SMILES string of the molecule is c1ccc([P@@]2CCC[C@@H]2CPC[C@H]2CCC[P@@]2c2ccccc2)cc1. The van der Waals surface area contributed by atoms with Crippen molar-refractivity contribution in [2.45, 2.75) is 37.0 Å². The van der Waals surface area contributed by atoms with Gasteiger partial charge in [-0.1, -0.05) is 76.5 Å². The lowest BCUT2D eigenvalue weighted by molar-refractivity contribution is 0.829. The second kappa shape index (κ2) is 9.09. The molecule has 0 nitrogen and oxygen atoms in total. The normalized spacial score (nSPS) is 29.6. The van der Waals surface area contributed by atoms with Gasteiger partial charge in [0, 0.05) is 0 Å². The van der Waals surface area contributed by atoms with Crippen LogP contribution in [-0.4, -0.2) is 36.0 Å². The third kappa shape index (κ3) is 4.53. The summed E-state index contributed by atoms with van der Waals surface area (Å²) in [5, 5.41) is 3.33. The quantitative estimate of drug-likeness (QED) is 0.567. The summed E-state index contributed by atoms with van der Waals surface area (Å²) in [6, 6.07) is 22.8. The van der Waals surface area contributed by atoms with Crippen LogP contribution in [0.25, 0.3) is 0 Å². The molecule has 2 aromatic carbocycles. The Bertz CT molecular complexity index is 585. The van der Waals surface area contributed by atoms with Crippen molar-refractivity contribution >= 4 is 35.0 Å². The van der Waals surface area contributed by atoms with Gasteiger partial charge in [-0.05, 0) is 72.3 Å². The third-order valence-electron chi connectivity index (χ3n) is 5.69. The minimum Gasteiger partial charge on any atom is -0.121 e. The fourth-order valence-electron chi connectivity index (χ4n) is 4.43. The molecule has 0 bridgehead atoms. The first-order chi connectivity index (χ1) is 12.4. The molecular formula is C22H29P3. The minimum atomic E-state index is 0.130. The fourth-order valence-corrected chi connectivity index (χ4v) is 13.4. The van der Waals surface area contributed by atoms with Crippen LogP contribution in [0.5, 0.6) is 0 Å². The van der Waals surface area contributed by atoms with Gasteiger partial charge in [-0.15, -0.1) is 8.58 Å². The first-order valence-electron chi connectivity index (χ1n) is 9.76. The molecule has 2 fully saturated rings. The number of hydrogen-bond acceptors (Lipinski definition) is 0. The van der Waals surface area contributed by atoms with E-state index in [1.165, 1.54) is 58.9 Å². The predicted octanol–water partition coefficient (Wildman–Crippen LogP) is 5.60.